The number of allylic oxidation sites excluding steroid dienone is 1. The first-order valence-electron chi connectivity index (χ1n) is 4.98. The number of carboxylic acid groups (broad SMARTS) is 1. The summed E-state index contributed by atoms with van der Waals surface area (Å²) < 4.78 is 0. The molecule has 0 fully saturated rings. The van der Waals surface area contributed by atoms with Crippen LogP contribution in [0.1, 0.15) is 23.2 Å². The maximum absolute atomic E-state index is 11.4. The molecule has 2 N–H and O–H groups in total. The average Bonchev–Trinajstić information content (AvgIpc) is 2.29. The fourth-order valence-electron chi connectivity index (χ4n) is 1.20. The van der Waals surface area contributed by atoms with Gasteiger partial charge in [-0.2, -0.15) is 0 Å². The van der Waals surface area contributed by atoms with E-state index in [1.54, 1.807) is 6.08 Å². The van der Waals surface area contributed by atoms with E-state index in [9.17, 15) is 9.59 Å². The van der Waals surface area contributed by atoms with Crippen LogP contribution >= 0.6 is 11.6 Å². The molecule has 0 saturated carbocycles. The Morgan fingerprint density at radius 1 is 1.47 bits per heavy atom. The van der Waals surface area contributed by atoms with Crippen molar-refractivity contribution in [1.29, 1.82) is 0 Å². The Hall–Kier alpha value is -1.81. The van der Waals surface area contributed by atoms with E-state index >= 15 is 0 Å². The summed E-state index contributed by atoms with van der Waals surface area (Å²) in [6.45, 7) is 3.51. The summed E-state index contributed by atoms with van der Waals surface area (Å²) in [5, 5.41) is 11.7. The van der Waals surface area contributed by atoms with Crippen LogP contribution in [0, 0.1) is 0 Å². The van der Waals surface area contributed by atoms with E-state index in [1.807, 2.05) is 0 Å². The van der Waals surface area contributed by atoms with Gasteiger partial charge in [-0.25, -0.2) is 4.79 Å². The molecule has 1 amide bonds. The Morgan fingerprint density at radius 2 is 2.18 bits per heavy atom. The molecule has 0 unspecified atom stereocenters. The molecule has 1 rings (SSSR count). The van der Waals surface area contributed by atoms with Crippen molar-refractivity contribution in [2.75, 3.05) is 5.32 Å². The van der Waals surface area contributed by atoms with E-state index in [4.69, 9.17) is 16.7 Å². The van der Waals surface area contributed by atoms with Gasteiger partial charge in [0, 0.05) is 6.42 Å². The summed E-state index contributed by atoms with van der Waals surface area (Å²) in [6, 6.07) is 4.15. The topological polar surface area (TPSA) is 66.4 Å². The minimum absolute atomic E-state index is 0.0772. The van der Waals surface area contributed by atoms with Crippen LogP contribution in [0.4, 0.5) is 5.69 Å². The Labute approximate surface area is 104 Å². The first kappa shape index (κ1) is 13.3. The molecule has 0 aromatic heterocycles. The third kappa shape index (κ3) is 3.92. The van der Waals surface area contributed by atoms with Gasteiger partial charge in [0.25, 0.3) is 0 Å². The zero-order valence-corrected chi connectivity index (χ0v) is 9.83. The minimum Gasteiger partial charge on any atom is -0.478 e. The molecule has 0 spiro atoms. The van der Waals surface area contributed by atoms with Gasteiger partial charge in [0.15, 0.2) is 0 Å². The van der Waals surface area contributed by atoms with Gasteiger partial charge in [0.1, 0.15) is 0 Å². The molecule has 0 aliphatic carbocycles. The number of aromatic carboxylic acids is 1. The molecule has 0 bridgehead atoms. The van der Waals surface area contributed by atoms with Crippen molar-refractivity contribution in [3.8, 4) is 0 Å². The fraction of sp³-hybridized carbons (Fsp3) is 0.167. The Bertz CT molecular complexity index is 457. The second-order valence-electron chi connectivity index (χ2n) is 3.38. The molecule has 4 nitrogen and oxygen atoms in total. The summed E-state index contributed by atoms with van der Waals surface area (Å²) in [4.78, 5) is 22.2. The van der Waals surface area contributed by atoms with E-state index in [-0.39, 0.29) is 17.9 Å². The normalized spacial score (nSPS) is 9.71. The number of hydrogen-bond donors (Lipinski definition) is 2. The number of hydrogen-bond acceptors (Lipinski definition) is 2. The number of carbonyl (C=O) groups excluding carboxylic acids is 1. The van der Waals surface area contributed by atoms with Gasteiger partial charge in [-0.05, 0) is 24.6 Å². The highest BCUT2D eigenvalue weighted by atomic mass is 35.5. The highest BCUT2D eigenvalue weighted by Gasteiger charge is 2.09. The molecule has 5 heteroatoms. The highest BCUT2D eigenvalue weighted by Crippen LogP contribution is 2.23. The van der Waals surface area contributed by atoms with Gasteiger partial charge < -0.3 is 10.4 Å². The Balaban J connectivity index is 2.82. The predicted octanol–water partition coefficient (Wildman–Crippen LogP) is 2.94. The van der Waals surface area contributed by atoms with Crippen molar-refractivity contribution in [2.24, 2.45) is 0 Å². The van der Waals surface area contributed by atoms with E-state index in [1.165, 1.54) is 18.2 Å². The molecule has 0 aliphatic heterocycles. The Kier molecular flexibility index (Phi) is 4.72. The number of anilines is 1. The van der Waals surface area contributed by atoms with Crippen LogP contribution in [-0.4, -0.2) is 17.0 Å². The average molecular weight is 254 g/mol. The number of benzene rings is 1. The molecule has 90 valence electrons. The van der Waals surface area contributed by atoms with Crippen molar-refractivity contribution in [3.05, 3.63) is 41.4 Å². The molecular weight excluding hydrogens is 242 g/mol. The summed E-state index contributed by atoms with van der Waals surface area (Å²) in [5.74, 6) is -1.29. The van der Waals surface area contributed by atoms with E-state index < -0.39 is 5.97 Å². The highest BCUT2D eigenvalue weighted by molar-refractivity contribution is 6.33. The molecule has 17 heavy (non-hydrogen) atoms. The standard InChI is InChI=1S/C12H12ClNO3/c1-2-3-4-11(15)14-10-7-8(12(16)17)5-6-9(10)13/h2,5-7H,1,3-4H2,(H,14,15)(H,16,17). The smallest absolute Gasteiger partial charge is 0.335 e. The maximum Gasteiger partial charge on any atom is 0.335 e. The number of carbonyl (C=O) groups is 2. The second kappa shape index (κ2) is 6.06. The lowest BCUT2D eigenvalue weighted by Crippen LogP contribution is -2.11. The lowest BCUT2D eigenvalue weighted by Gasteiger charge is -2.07. The van der Waals surface area contributed by atoms with Crippen LogP contribution in [0.5, 0.6) is 0 Å². The number of halogens is 1. The summed E-state index contributed by atoms with van der Waals surface area (Å²) in [7, 11) is 0. The molecule has 0 atom stereocenters. The quantitative estimate of drug-likeness (QED) is 0.793. The van der Waals surface area contributed by atoms with Crippen LogP contribution in [0.25, 0.3) is 0 Å². The largest absolute Gasteiger partial charge is 0.478 e. The lowest BCUT2D eigenvalue weighted by molar-refractivity contribution is -0.116. The molecule has 0 saturated heterocycles. The first-order chi connectivity index (χ1) is 8.04. The maximum atomic E-state index is 11.4. The van der Waals surface area contributed by atoms with Crippen molar-refractivity contribution in [2.45, 2.75) is 12.8 Å². The summed E-state index contributed by atoms with van der Waals surface area (Å²) >= 11 is 5.85. The first-order valence-corrected chi connectivity index (χ1v) is 5.36. The predicted molar refractivity (Wildman–Crippen MR) is 66.5 cm³/mol. The molecule has 1 aromatic rings. The fourth-order valence-corrected chi connectivity index (χ4v) is 1.36. The van der Waals surface area contributed by atoms with Gasteiger partial charge in [-0.15, -0.1) is 6.58 Å². The van der Waals surface area contributed by atoms with Crippen molar-refractivity contribution in [3.63, 3.8) is 0 Å². The lowest BCUT2D eigenvalue weighted by atomic mass is 10.2. The summed E-state index contributed by atoms with van der Waals surface area (Å²) in [6.07, 6.45) is 2.48. The van der Waals surface area contributed by atoms with Gasteiger partial charge in [-0.3, -0.25) is 4.79 Å². The van der Waals surface area contributed by atoms with Crippen LogP contribution in [0.15, 0.2) is 30.9 Å². The van der Waals surface area contributed by atoms with Crippen LogP contribution < -0.4 is 5.32 Å². The molecule has 0 aliphatic rings. The SMILES string of the molecule is C=CCCC(=O)Nc1cc(C(=O)O)ccc1Cl. The Morgan fingerprint density at radius 3 is 2.76 bits per heavy atom. The zero-order chi connectivity index (χ0) is 12.8. The molecule has 0 radical (unpaired) electrons. The van der Waals surface area contributed by atoms with Gasteiger partial charge in [0.2, 0.25) is 5.91 Å². The third-order valence-corrected chi connectivity index (χ3v) is 2.39. The molecular formula is C12H12ClNO3. The van der Waals surface area contributed by atoms with E-state index in [0.717, 1.165) is 0 Å². The van der Waals surface area contributed by atoms with Crippen molar-refractivity contribution < 1.29 is 14.7 Å². The molecule has 1 aromatic carbocycles. The number of nitrogens with one attached hydrogen (secondary N) is 1. The minimum atomic E-state index is -1.07. The number of carboxylic acids is 1. The zero-order valence-electron chi connectivity index (χ0n) is 9.07. The van der Waals surface area contributed by atoms with Gasteiger partial charge >= 0.3 is 5.97 Å². The van der Waals surface area contributed by atoms with Crippen molar-refractivity contribution in [1.82, 2.24) is 0 Å². The van der Waals surface area contributed by atoms with Crippen LogP contribution in [-0.2, 0) is 4.79 Å². The van der Waals surface area contributed by atoms with Crippen LogP contribution in [0.3, 0.4) is 0 Å². The van der Waals surface area contributed by atoms with Crippen LogP contribution in [0.2, 0.25) is 5.02 Å². The second-order valence-corrected chi connectivity index (χ2v) is 3.78. The monoisotopic (exact) mass is 253 g/mol. The number of amides is 1. The molecule has 0 heterocycles. The third-order valence-electron chi connectivity index (χ3n) is 2.06. The van der Waals surface area contributed by atoms with Gasteiger partial charge in [0.05, 0.1) is 16.3 Å². The van der Waals surface area contributed by atoms with Crippen molar-refractivity contribution >= 4 is 29.2 Å². The van der Waals surface area contributed by atoms with Gasteiger partial charge in [-0.1, -0.05) is 17.7 Å². The van der Waals surface area contributed by atoms with E-state index in [0.29, 0.717) is 17.1 Å². The number of rotatable bonds is 5. The van der Waals surface area contributed by atoms with E-state index in [2.05, 4.69) is 11.9 Å². The summed E-state index contributed by atoms with van der Waals surface area (Å²) in [5.41, 5.74) is 0.383.